The first-order valence-electron chi connectivity index (χ1n) is 3.54. The first kappa shape index (κ1) is 8.53. The minimum atomic E-state index is 0.209. The molecule has 1 rings (SSSR count). The Bertz CT molecular complexity index is 236. The molecule has 62 valence electrons. The van der Waals surface area contributed by atoms with Crippen LogP contribution in [-0.4, -0.2) is 15.4 Å². The highest BCUT2D eigenvalue weighted by atomic mass is 35.5. The summed E-state index contributed by atoms with van der Waals surface area (Å²) in [5.41, 5.74) is 1.06. The van der Waals surface area contributed by atoms with Crippen LogP contribution in [0.25, 0.3) is 0 Å². The van der Waals surface area contributed by atoms with E-state index in [0.29, 0.717) is 5.15 Å². The van der Waals surface area contributed by atoms with Crippen molar-refractivity contribution in [1.29, 1.82) is 0 Å². The van der Waals surface area contributed by atoms with E-state index in [9.17, 15) is 0 Å². The minimum absolute atomic E-state index is 0.209. The van der Waals surface area contributed by atoms with E-state index in [2.05, 4.69) is 36.2 Å². The van der Waals surface area contributed by atoms with E-state index in [1.165, 1.54) is 0 Å². The lowest BCUT2D eigenvalue weighted by Crippen LogP contribution is -2.09. The van der Waals surface area contributed by atoms with Crippen molar-refractivity contribution in [2.24, 2.45) is 5.41 Å². The summed E-state index contributed by atoms with van der Waals surface area (Å²) in [6, 6.07) is 0. The molecule has 0 saturated heterocycles. The quantitative estimate of drug-likeness (QED) is 0.706. The maximum Gasteiger partial charge on any atom is 0.147 e. The largest absolute Gasteiger partial charge is 0.247 e. The van der Waals surface area contributed by atoms with Crippen molar-refractivity contribution in [3.63, 3.8) is 0 Å². The van der Waals surface area contributed by atoms with Crippen LogP contribution >= 0.6 is 11.6 Å². The molecule has 1 N–H and O–H groups in total. The Morgan fingerprint density at radius 3 is 2.45 bits per heavy atom. The van der Waals surface area contributed by atoms with E-state index in [1.54, 1.807) is 0 Å². The van der Waals surface area contributed by atoms with Crippen molar-refractivity contribution in [1.82, 2.24) is 15.4 Å². The third kappa shape index (κ3) is 2.50. The van der Waals surface area contributed by atoms with Crippen molar-refractivity contribution in [2.75, 3.05) is 0 Å². The monoisotopic (exact) mass is 173 g/mol. The maximum absolute atomic E-state index is 5.77. The van der Waals surface area contributed by atoms with Gasteiger partial charge in [-0.3, -0.25) is 0 Å². The van der Waals surface area contributed by atoms with Gasteiger partial charge in [-0.2, -0.15) is 0 Å². The van der Waals surface area contributed by atoms with Gasteiger partial charge in [-0.25, -0.2) is 5.10 Å². The number of hydrogen-bond acceptors (Lipinski definition) is 2. The molecule has 1 aromatic rings. The van der Waals surface area contributed by atoms with E-state index >= 15 is 0 Å². The van der Waals surface area contributed by atoms with Crippen LogP contribution in [0.1, 0.15) is 26.5 Å². The van der Waals surface area contributed by atoms with Crippen LogP contribution in [0.4, 0.5) is 0 Å². The fourth-order valence-electron chi connectivity index (χ4n) is 0.853. The number of rotatable bonds is 1. The summed E-state index contributed by atoms with van der Waals surface area (Å²) in [5, 5.41) is 10.6. The second kappa shape index (κ2) is 2.81. The molecular weight excluding hydrogens is 162 g/mol. The van der Waals surface area contributed by atoms with Gasteiger partial charge in [0.2, 0.25) is 0 Å². The fourth-order valence-corrected chi connectivity index (χ4v) is 0.995. The lowest BCUT2D eigenvalue weighted by atomic mass is 9.91. The molecule has 0 unspecified atom stereocenters. The van der Waals surface area contributed by atoms with Gasteiger partial charge in [0, 0.05) is 0 Å². The molecule has 0 fully saturated rings. The van der Waals surface area contributed by atoms with Gasteiger partial charge in [0.15, 0.2) is 0 Å². The molecule has 0 spiro atoms. The summed E-state index contributed by atoms with van der Waals surface area (Å²) in [5.74, 6) is 0. The number of aromatic nitrogens is 3. The fraction of sp³-hybridized carbons (Fsp3) is 0.714. The van der Waals surface area contributed by atoms with Gasteiger partial charge in [0.05, 0.1) is 0 Å². The smallest absolute Gasteiger partial charge is 0.147 e. The van der Waals surface area contributed by atoms with Crippen LogP contribution in [-0.2, 0) is 6.42 Å². The molecule has 3 nitrogen and oxygen atoms in total. The van der Waals surface area contributed by atoms with Crippen molar-refractivity contribution < 1.29 is 0 Å². The third-order valence-corrected chi connectivity index (χ3v) is 1.57. The zero-order valence-corrected chi connectivity index (χ0v) is 7.74. The number of nitrogens with zero attached hydrogens (tertiary/aromatic N) is 2. The Hall–Kier alpha value is -0.570. The number of aromatic amines is 1. The SMILES string of the molecule is CC(C)(C)Cc1nn[nH]c1Cl. The van der Waals surface area contributed by atoms with Crippen molar-refractivity contribution in [2.45, 2.75) is 27.2 Å². The molecule has 0 aliphatic carbocycles. The number of hydrogen-bond donors (Lipinski definition) is 1. The first-order valence-corrected chi connectivity index (χ1v) is 3.92. The minimum Gasteiger partial charge on any atom is -0.247 e. The third-order valence-electron chi connectivity index (χ3n) is 1.27. The van der Waals surface area contributed by atoms with Gasteiger partial charge in [0.1, 0.15) is 10.8 Å². The van der Waals surface area contributed by atoms with Crippen LogP contribution in [0, 0.1) is 5.41 Å². The van der Waals surface area contributed by atoms with Crippen molar-refractivity contribution in [3.05, 3.63) is 10.8 Å². The Labute approximate surface area is 71.1 Å². The van der Waals surface area contributed by atoms with Gasteiger partial charge in [-0.05, 0) is 11.8 Å². The maximum atomic E-state index is 5.77. The van der Waals surface area contributed by atoms with E-state index in [1.807, 2.05) is 0 Å². The molecule has 0 amide bonds. The second-order valence-corrected chi connectivity index (χ2v) is 4.19. The topological polar surface area (TPSA) is 41.6 Å². The molecule has 4 heteroatoms. The molecule has 0 bridgehead atoms. The average molecular weight is 174 g/mol. The van der Waals surface area contributed by atoms with Crippen LogP contribution in [0.2, 0.25) is 5.15 Å². The summed E-state index contributed by atoms with van der Waals surface area (Å²) >= 11 is 5.77. The van der Waals surface area contributed by atoms with Crippen LogP contribution in [0.5, 0.6) is 0 Å². The Kier molecular flexibility index (Phi) is 2.18. The number of halogens is 1. The molecule has 11 heavy (non-hydrogen) atoms. The molecule has 0 aromatic carbocycles. The molecule has 0 saturated carbocycles. The molecule has 1 heterocycles. The molecule has 1 aromatic heterocycles. The lowest BCUT2D eigenvalue weighted by molar-refractivity contribution is 0.406. The summed E-state index contributed by atoms with van der Waals surface area (Å²) in [6.45, 7) is 6.41. The van der Waals surface area contributed by atoms with Gasteiger partial charge in [0.25, 0.3) is 0 Å². The summed E-state index contributed by atoms with van der Waals surface area (Å²) in [7, 11) is 0. The molecule has 0 aliphatic heterocycles. The summed E-state index contributed by atoms with van der Waals surface area (Å²) < 4.78 is 0. The van der Waals surface area contributed by atoms with E-state index < -0.39 is 0 Å². The van der Waals surface area contributed by atoms with E-state index in [0.717, 1.165) is 12.1 Å². The Morgan fingerprint density at radius 2 is 2.09 bits per heavy atom. The van der Waals surface area contributed by atoms with Crippen molar-refractivity contribution in [3.8, 4) is 0 Å². The first-order chi connectivity index (χ1) is 4.99. The van der Waals surface area contributed by atoms with Gasteiger partial charge in [-0.1, -0.05) is 37.6 Å². The van der Waals surface area contributed by atoms with E-state index in [-0.39, 0.29) is 5.41 Å². The summed E-state index contributed by atoms with van der Waals surface area (Å²) in [4.78, 5) is 0. The highest BCUT2D eigenvalue weighted by Crippen LogP contribution is 2.22. The molecule has 0 radical (unpaired) electrons. The highest BCUT2D eigenvalue weighted by Gasteiger charge is 2.15. The lowest BCUT2D eigenvalue weighted by Gasteiger charge is -2.15. The van der Waals surface area contributed by atoms with Crippen LogP contribution in [0.15, 0.2) is 0 Å². The highest BCUT2D eigenvalue weighted by molar-refractivity contribution is 6.29. The Morgan fingerprint density at radius 1 is 1.45 bits per heavy atom. The van der Waals surface area contributed by atoms with Crippen LogP contribution in [0.3, 0.4) is 0 Å². The van der Waals surface area contributed by atoms with Crippen LogP contribution < -0.4 is 0 Å². The number of nitrogens with one attached hydrogen (secondary N) is 1. The molecule has 0 atom stereocenters. The van der Waals surface area contributed by atoms with Gasteiger partial charge in [-0.15, -0.1) is 5.10 Å². The van der Waals surface area contributed by atoms with Crippen molar-refractivity contribution >= 4 is 11.6 Å². The van der Waals surface area contributed by atoms with E-state index in [4.69, 9.17) is 11.6 Å². The number of H-pyrrole nitrogens is 1. The standard InChI is InChI=1S/C7H12ClN3/c1-7(2,3)4-5-6(8)10-11-9-5/h4H2,1-3H3,(H,9,10,11). The molecule has 0 aliphatic rings. The van der Waals surface area contributed by atoms with Gasteiger partial charge >= 0.3 is 0 Å². The predicted octanol–water partition coefficient (Wildman–Crippen LogP) is 2.05. The van der Waals surface area contributed by atoms with Gasteiger partial charge < -0.3 is 0 Å². The summed E-state index contributed by atoms with van der Waals surface area (Å²) in [6.07, 6.45) is 0.850. The zero-order valence-electron chi connectivity index (χ0n) is 6.98. The second-order valence-electron chi connectivity index (χ2n) is 3.81. The Balaban J connectivity index is 2.72. The predicted molar refractivity (Wildman–Crippen MR) is 44.6 cm³/mol. The molecular formula is C7H12ClN3. The normalized spacial score (nSPS) is 12.0. The average Bonchev–Trinajstić information content (AvgIpc) is 2.12. The zero-order chi connectivity index (χ0) is 8.48.